The van der Waals surface area contributed by atoms with Gasteiger partial charge in [-0.05, 0) is 56.0 Å². The summed E-state index contributed by atoms with van der Waals surface area (Å²) in [4.78, 5) is 27.5. The predicted molar refractivity (Wildman–Crippen MR) is 181 cm³/mol. The number of amides is 1. The fraction of sp³-hybridized carbons (Fsp3) is 0.412. The lowest BCUT2D eigenvalue weighted by molar-refractivity contribution is -0.126. The third-order valence-electron chi connectivity index (χ3n) is 9.77. The second kappa shape index (κ2) is 12.7. The van der Waals surface area contributed by atoms with Crippen LogP contribution in [-0.2, 0) is 4.79 Å². The highest BCUT2D eigenvalue weighted by Crippen LogP contribution is 2.46. The van der Waals surface area contributed by atoms with Crippen molar-refractivity contribution >= 4 is 60.7 Å². The van der Waals surface area contributed by atoms with E-state index in [0.29, 0.717) is 63.2 Å². The number of nitriles is 1. The predicted octanol–water partition coefficient (Wildman–Crippen LogP) is 6.47. The van der Waals surface area contributed by atoms with Crippen LogP contribution in [0.5, 0.6) is 6.01 Å². The highest BCUT2D eigenvalue weighted by Gasteiger charge is 2.49. The van der Waals surface area contributed by atoms with Gasteiger partial charge in [0.2, 0.25) is 5.91 Å². The number of carbonyl (C=O) groups excluding carboxylic acids is 1. The summed E-state index contributed by atoms with van der Waals surface area (Å²) >= 11 is 7.75. The van der Waals surface area contributed by atoms with Crippen LogP contribution >= 0.6 is 22.9 Å². The van der Waals surface area contributed by atoms with E-state index in [1.807, 2.05) is 11.0 Å². The molecule has 0 spiro atoms. The van der Waals surface area contributed by atoms with Crippen molar-refractivity contribution in [2.24, 2.45) is 0 Å². The number of ether oxygens (including phenoxy) is 1. The minimum Gasteiger partial charge on any atom is -0.461 e. The molecule has 14 heteroatoms. The van der Waals surface area contributed by atoms with Gasteiger partial charge in [0.15, 0.2) is 5.82 Å². The van der Waals surface area contributed by atoms with Gasteiger partial charge in [-0.1, -0.05) is 24.2 Å². The van der Waals surface area contributed by atoms with E-state index in [1.54, 1.807) is 11.0 Å². The number of rotatable bonds is 6. The molecule has 0 aliphatic carbocycles. The van der Waals surface area contributed by atoms with Gasteiger partial charge in [-0.25, -0.2) is 13.2 Å². The number of aromatic nitrogens is 2. The van der Waals surface area contributed by atoms with Gasteiger partial charge >= 0.3 is 6.01 Å². The number of halogens is 4. The van der Waals surface area contributed by atoms with E-state index in [0.717, 1.165) is 30.7 Å². The zero-order valence-corrected chi connectivity index (χ0v) is 27.6. The first-order valence-electron chi connectivity index (χ1n) is 15.9. The van der Waals surface area contributed by atoms with E-state index in [2.05, 4.69) is 16.5 Å². The SMILES string of the molecule is C=CC(=O)N1CCCN(c2nc(OC[C@@]34CCCN3C[C@H](F)C4)nc3c(F)c(-c4ccc(F)c5sc(N)c(C#N)c45)c(Cl)cc23)CCC1. The normalized spacial score (nSPS) is 21.7. The molecule has 2 aromatic heterocycles. The van der Waals surface area contributed by atoms with Crippen LogP contribution in [0, 0.1) is 23.0 Å². The Bertz CT molecular complexity index is 1990. The molecule has 3 saturated heterocycles. The summed E-state index contributed by atoms with van der Waals surface area (Å²) < 4.78 is 52.7. The summed E-state index contributed by atoms with van der Waals surface area (Å²) in [5.41, 5.74) is 5.72. The molecule has 5 heterocycles. The van der Waals surface area contributed by atoms with Crippen molar-refractivity contribution in [1.82, 2.24) is 19.8 Å². The molecule has 2 N–H and O–H groups in total. The van der Waals surface area contributed by atoms with E-state index in [9.17, 15) is 18.8 Å². The number of nitrogens with two attached hydrogens (primary N) is 1. The van der Waals surface area contributed by atoms with Crippen molar-refractivity contribution in [2.75, 3.05) is 56.5 Å². The number of nitrogen functional groups attached to an aromatic ring is 1. The quantitative estimate of drug-likeness (QED) is 0.229. The Balaban J connectivity index is 1.35. The van der Waals surface area contributed by atoms with E-state index < -0.39 is 23.3 Å². The summed E-state index contributed by atoms with van der Waals surface area (Å²) in [5, 5.41) is 10.5. The zero-order chi connectivity index (χ0) is 33.7. The summed E-state index contributed by atoms with van der Waals surface area (Å²) in [6.45, 7) is 6.93. The van der Waals surface area contributed by atoms with E-state index in [-0.39, 0.29) is 60.8 Å². The first-order chi connectivity index (χ1) is 23.1. The average Bonchev–Trinajstić information content (AvgIpc) is 3.70. The lowest BCUT2D eigenvalue weighted by Gasteiger charge is -2.32. The van der Waals surface area contributed by atoms with Gasteiger partial charge in [-0.3, -0.25) is 9.69 Å². The number of anilines is 2. The first-order valence-corrected chi connectivity index (χ1v) is 17.1. The molecule has 250 valence electrons. The van der Waals surface area contributed by atoms with Gasteiger partial charge < -0.3 is 20.3 Å². The van der Waals surface area contributed by atoms with Crippen molar-refractivity contribution < 1.29 is 22.7 Å². The van der Waals surface area contributed by atoms with Crippen molar-refractivity contribution in [2.45, 2.75) is 43.8 Å². The van der Waals surface area contributed by atoms with Gasteiger partial charge in [-0.15, -0.1) is 11.3 Å². The molecule has 0 radical (unpaired) electrons. The number of hydrogen-bond donors (Lipinski definition) is 1. The summed E-state index contributed by atoms with van der Waals surface area (Å²) in [6.07, 6.45) is 3.65. The Labute approximate surface area is 284 Å². The number of alkyl halides is 1. The molecule has 9 nitrogen and oxygen atoms in total. The van der Waals surface area contributed by atoms with E-state index >= 15 is 4.39 Å². The third-order valence-corrected chi connectivity index (χ3v) is 11.1. The Morgan fingerprint density at radius 3 is 2.71 bits per heavy atom. The monoisotopic (exact) mass is 695 g/mol. The van der Waals surface area contributed by atoms with Crippen LogP contribution in [0.3, 0.4) is 0 Å². The van der Waals surface area contributed by atoms with Gasteiger partial charge in [0.1, 0.15) is 41.0 Å². The molecule has 3 fully saturated rings. The molecule has 1 amide bonds. The zero-order valence-electron chi connectivity index (χ0n) is 26.1. The lowest BCUT2D eigenvalue weighted by Crippen LogP contribution is -2.43. The molecule has 2 atom stereocenters. The molecule has 0 unspecified atom stereocenters. The number of hydrogen-bond acceptors (Lipinski definition) is 9. The number of nitrogens with zero attached hydrogens (tertiary/aromatic N) is 6. The molecule has 0 bridgehead atoms. The standard InChI is InChI=1S/C34H33ClF3N7O2S/c1-2-25(46)43-9-4-11-44(12-5-10-43)32-21-14-23(35)27(20-6-7-24(37)30-26(20)22(16-39)31(40)48-30)28(38)29(21)41-33(42-32)47-18-34-8-3-13-45(34)17-19(36)15-34/h2,6-7,14,19H,1,3-5,8-13,15,17-18,40H2/t19-,34+/m1/s1. The molecular formula is C34H33ClF3N7O2S. The smallest absolute Gasteiger partial charge is 0.319 e. The number of fused-ring (bicyclic) bond motifs is 3. The fourth-order valence-electron chi connectivity index (χ4n) is 7.56. The Morgan fingerprint density at radius 1 is 1.21 bits per heavy atom. The molecule has 0 saturated carbocycles. The Morgan fingerprint density at radius 2 is 1.98 bits per heavy atom. The second-order valence-corrected chi connectivity index (χ2v) is 14.1. The van der Waals surface area contributed by atoms with Gasteiger partial charge in [0.25, 0.3) is 0 Å². The van der Waals surface area contributed by atoms with E-state index in [1.165, 1.54) is 18.2 Å². The summed E-state index contributed by atoms with van der Waals surface area (Å²) in [7, 11) is 0. The second-order valence-electron chi connectivity index (χ2n) is 12.6. The van der Waals surface area contributed by atoms with E-state index in [4.69, 9.17) is 27.1 Å². The minimum atomic E-state index is -0.949. The largest absolute Gasteiger partial charge is 0.461 e. The molecular weight excluding hydrogens is 663 g/mol. The highest BCUT2D eigenvalue weighted by atomic mass is 35.5. The highest BCUT2D eigenvalue weighted by molar-refractivity contribution is 7.23. The van der Waals surface area contributed by atoms with Crippen LogP contribution in [0.15, 0.2) is 30.9 Å². The third kappa shape index (κ3) is 5.49. The van der Waals surface area contributed by atoms with Crippen LogP contribution in [0.25, 0.3) is 32.1 Å². The maximum Gasteiger partial charge on any atom is 0.319 e. The summed E-state index contributed by atoms with van der Waals surface area (Å²) in [6, 6.07) is 6.13. The molecule has 48 heavy (non-hydrogen) atoms. The first kappa shape index (κ1) is 32.4. The molecule has 3 aliphatic heterocycles. The van der Waals surface area contributed by atoms with Gasteiger partial charge in [0, 0.05) is 55.5 Å². The van der Waals surface area contributed by atoms with Gasteiger partial charge in [0.05, 0.1) is 20.8 Å². The topological polar surface area (TPSA) is 112 Å². The van der Waals surface area contributed by atoms with Gasteiger partial charge in [-0.2, -0.15) is 15.2 Å². The van der Waals surface area contributed by atoms with Crippen LogP contribution in [-0.4, -0.2) is 83.3 Å². The lowest BCUT2D eigenvalue weighted by atomic mass is 9.95. The maximum atomic E-state index is 17.0. The van der Waals surface area contributed by atoms with Crippen molar-refractivity contribution in [3.05, 3.63) is 53.1 Å². The van der Waals surface area contributed by atoms with Crippen molar-refractivity contribution in [3.63, 3.8) is 0 Å². The van der Waals surface area contributed by atoms with Crippen LogP contribution in [0.1, 0.15) is 37.7 Å². The molecule has 4 aromatic rings. The molecule has 2 aromatic carbocycles. The van der Waals surface area contributed by atoms with Crippen LogP contribution in [0.2, 0.25) is 5.02 Å². The summed E-state index contributed by atoms with van der Waals surface area (Å²) in [5.74, 6) is -1.08. The maximum absolute atomic E-state index is 17.0. The van der Waals surface area contributed by atoms with Crippen LogP contribution in [0.4, 0.5) is 24.0 Å². The molecule has 7 rings (SSSR count). The fourth-order valence-corrected chi connectivity index (χ4v) is 8.80. The minimum absolute atomic E-state index is 0.0234. The van der Waals surface area contributed by atoms with Crippen molar-refractivity contribution in [3.8, 4) is 23.2 Å². The number of carbonyl (C=O) groups is 1. The Kier molecular flexibility index (Phi) is 8.60. The molecule has 3 aliphatic rings. The van der Waals surface area contributed by atoms with Crippen molar-refractivity contribution in [1.29, 1.82) is 5.26 Å². The van der Waals surface area contributed by atoms with Crippen LogP contribution < -0.4 is 15.4 Å². The average molecular weight is 696 g/mol. The number of thiophene rings is 1. The Hall–Kier alpha value is -4.12. The number of benzene rings is 2.